The van der Waals surface area contributed by atoms with Gasteiger partial charge in [0, 0.05) is 10.0 Å². The lowest BCUT2D eigenvalue weighted by atomic mass is 9.99. The molecule has 0 saturated carbocycles. The van der Waals surface area contributed by atoms with Gasteiger partial charge in [0.25, 0.3) is 0 Å². The van der Waals surface area contributed by atoms with Gasteiger partial charge >= 0.3 is 0 Å². The molecule has 0 saturated heterocycles. The van der Waals surface area contributed by atoms with Crippen molar-refractivity contribution in [3.63, 3.8) is 0 Å². The highest BCUT2D eigenvalue weighted by Crippen LogP contribution is 2.27. The van der Waals surface area contributed by atoms with Crippen LogP contribution in [0.5, 0.6) is 0 Å². The maximum absolute atomic E-state index is 13.8. The lowest BCUT2D eigenvalue weighted by molar-refractivity contribution is 0.436. The predicted octanol–water partition coefficient (Wildman–Crippen LogP) is 4.20. The highest BCUT2D eigenvalue weighted by molar-refractivity contribution is 9.10. The Morgan fingerprint density at radius 1 is 1.22 bits per heavy atom. The maximum atomic E-state index is 13.8. The minimum absolute atomic E-state index is 0.0252. The summed E-state index contributed by atoms with van der Waals surface area (Å²) in [6, 6.07) is 2.04. The molecule has 2 nitrogen and oxygen atoms in total. The van der Waals surface area contributed by atoms with Gasteiger partial charge < -0.3 is 0 Å². The molecule has 1 atom stereocenters. The molecule has 1 rings (SSSR count). The van der Waals surface area contributed by atoms with Gasteiger partial charge in [0.15, 0.2) is 0 Å². The van der Waals surface area contributed by atoms with Gasteiger partial charge in [-0.1, -0.05) is 48.5 Å². The lowest BCUT2D eigenvalue weighted by Crippen LogP contribution is -2.29. The van der Waals surface area contributed by atoms with Crippen LogP contribution in [0.1, 0.15) is 50.6 Å². The molecule has 0 aromatic heterocycles. The third-order valence-corrected chi connectivity index (χ3v) is 3.40. The highest BCUT2D eigenvalue weighted by atomic mass is 79.9. The van der Waals surface area contributed by atoms with Crippen molar-refractivity contribution in [3.05, 3.63) is 33.8 Å². The summed E-state index contributed by atoms with van der Waals surface area (Å²) >= 11 is 3.06. The summed E-state index contributed by atoms with van der Waals surface area (Å²) in [7, 11) is 0. The fraction of sp³-hybridized carbons (Fsp3) is 0.538. The number of benzene rings is 1. The van der Waals surface area contributed by atoms with E-state index in [1.807, 2.05) is 0 Å². The molecule has 102 valence electrons. The van der Waals surface area contributed by atoms with Crippen LogP contribution in [-0.2, 0) is 0 Å². The second-order valence-corrected chi connectivity index (χ2v) is 5.27. The van der Waals surface area contributed by atoms with Crippen LogP contribution in [0.25, 0.3) is 0 Å². The van der Waals surface area contributed by atoms with Gasteiger partial charge in [-0.2, -0.15) is 0 Å². The van der Waals surface area contributed by atoms with Crippen molar-refractivity contribution < 1.29 is 8.78 Å². The van der Waals surface area contributed by atoms with E-state index in [0.29, 0.717) is 10.9 Å². The molecule has 0 radical (unpaired) electrons. The van der Waals surface area contributed by atoms with E-state index in [4.69, 9.17) is 5.84 Å². The molecule has 0 aliphatic heterocycles. The SMILES string of the molecule is CCCCCCC(NN)c1c(F)cc(Br)cc1F. The summed E-state index contributed by atoms with van der Waals surface area (Å²) in [5, 5.41) is 0. The Labute approximate surface area is 115 Å². The van der Waals surface area contributed by atoms with Crippen molar-refractivity contribution in [1.82, 2.24) is 5.43 Å². The monoisotopic (exact) mass is 320 g/mol. The van der Waals surface area contributed by atoms with Crippen LogP contribution >= 0.6 is 15.9 Å². The first-order valence-corrected chi connectivity index (χ1v) is 7.00. The quantitative estimate of drug-likeness (QED) is 0.449. The number of halogens is 3. The first-order chi connectivity index (χ1) is 8.60. The largest absolute Gasteiger partial charge is 0.271 e. The summed E-state index contributed by atoms with van der Waals surface area (Å²) in [6.07, 6.45) is 4.84. The number of hydrazine groups is 1. The first-order valence-electron chi connectivity index (χ1n) is 6.20. The van der Waals surface area contributed by atoms with E-state index >= 15 is 0 Å². The number of nitrogens with one attached hydrogen (secondary N) is 1. The molecule has 0 spiro atoms. The van der Waals surface area contributed by atoms with E-state index in [0.717, 1.165) is 25.7 Å². The minimum Gasteiger partial charge on any atom is -0.271 e. The van der Waals surface area contributed by atoms with Crippen molar-refractivity contribution in [2.24, 2.45) is 5.84 Å². The summed E-state index contributed by atoms with van der Waals surface area (Å²) in [5.74, 6) is 4.26. The summed E-state index contributed by atoms with van der Waals surface area (Å²) in [6.45, 7) is 2.12. The standard InChI is InChI=1S/C13H19BrF2N2/c1-2-3-4-5-6-12(18-17)13-10(15)7-9(14)8-11(13)16/h7-8,12,18H,2-6,17H2,1H3. The van der Waals surface area contributed by atoms with Gasteiger partial charge in [-0.05, 0) is 18.6 Å². The van der Waals surface area contributed by atoms with Crippen LogP contribution in [0.15, 0.2) is 16.6 Å². The molecule has 1 aromatic rings. The Kier molecular flexibility index (Phi) is 6.75. The third kappa shape index (κ3) is 4.30. The van der Waals surface area contributed by atoms with Gasteiger partial charge in [-0.3, -0.25) is 11.3 Å². The Hall–Kier alpha value is -0.520. The molecule has 18 heavy (non-hydrogen) atoms. The maximum Gasteiger partial charge on any atom is 0.132 e. The van der Waals surface area contributed by atoms with Crippen molar-refractivity contribution in [3.8, 4) is 0 Å². The number of rotatable bonds is 7. The van der Waals surface area contributed by atoms with Crippen LogP contribution in [0.2, 0.25) is 0 Å². The van der Waals surface area contributed by atoms with Crippen LogP contribution in [-0.4, -0.2) is 0 Å². The average Bonchev–Trinajstić information content (AvgIpc) is 2.31. The molecule has 3 N–H and O–H groups in total. The molecule has 0 amide bonds. The second kappa shape index (κ2) is 7.81. The van der Waals surface area contributed by atoms with Crippen LogP contribution in [0.3, 0.4) is 0 Å². The van der Waals surface area contributed by atoms with E-state index < -0.39 is 17.7 Å². The Balaban J connectivity index is 2.75. The van der Waals surface area contributed by atoms with Crippen molar-refractivity contribution in [2.75, 3.05) is 0 Å². The zero-order chi connectivity index (χ0) is 13.5. The van der Waals surface area contributed by atoms with Crippen molar-refractivity contribution >= 4 is 15.9 Å². The lowest BCUT2D eigenvalue weighted by Gasteiger charge is -2.18. The number of hydrogen-bond donors (Lipinski definition) is 2. The van der Waals surface area contributed by atoms with Crippen molar-refractivity contribution in [2.45, 2.75) is 45.1 Å². The fourth-order valence-electron chi connectivity index (χ4n) is 1.97. The van der Waals surface area contributed by atoms with Gasteiger partial charge in [0.1, 0.15) is 11.6 Å². The third-order valence-electron chi connectivity index (χ3n) is 2.94. The van der Waals surface area contributed by atoms with E-state index in [-0.39, 0.29) is 5.56 Å². The van der Waals surface area contributed by atoms with Crippen LogP contribution in [0, 0.1) is 11.6 Å². The zero-order valence-electron chi connectivity index (χ0n) is 10.5. The van der Waals surface area contributed by atoms with Crippen LogP contribution in [0.4, 0.5) is 8.78 Å². The molecule has 0 aliphatic carbocycles. The van der Waals surface area contributed by atoms with Gasteiger partial charge in [-0.15, -0.1) is 0 Å². The Morgan fingerprint density at radius 2 is 1.83 bits per heavy atom. The zero-order valence-corrected chi connectivity index (χ0v) is 12.1. The molecule has 0 bridgehead atoms. The summed E-state index contributed by atoms with van der Waals surface area (Å²) in [5.41, 5.74) is 2.53. The smallest absolute Gasteiger partial charge is 0.132 e. The fourth-order valence-corrected chi connectivity index (χ4v) is 2.37. The summed E-state index contributed by atoms with van der Waals surface area (Å²) in [4.78, 5) is 0. The topological polar surface area (TPSA) is 38.0 Å². The van der Waals surface area contributed by atoms with Crippen LogP contribution < -0.4 is 11.3 Å². The molecule has 0 aliphatic rings. The van der Waals surface area contributed by atoms with Gasteiger partial charge in [0.2, 0.25) is 0 Å². The summed E-state index contributed by atoms with van der Waals surface area (Å²) < 4.78 is 27.9. The number of hydrogen-bond acceptors (Lipinski definition) is 2. The Morgan fingerprint density at radius 3 is 2.33 bits per heavy atom. The molecular formula is C13H19BrF2N2. The van der Waals surface area contributed by atoms with E-state index in [1.165, 1.54) is 12.1 Å². The molecule has 0 fully saturated rings. The second-order valence-electron chi connectivity index (χ2n) is 4.35. The molecule has 1 unspecified atom stereocenters. The van der Waals surface area contributed by atoms with E-state index in [9.17, 15) is 8.78 Å². The number of nitrogens with two attached hydrogens (primary N) is 1. The highest BCUT2D eigenvalue weighted by Gasteiger charge is 2.19. The first kappa shape index (κ1) is 15.5. The molecule has 0 heterocycles. The molecule has 1 aromatic carbocycles. The minimum atomic E-state index is -0.569. The molecule has 5 heteroatoms. The van der Waals surface area contributed by atoms with Crippen molar-refractivity contribution in [1.29, 1.82) is 0 Å². The van der Waals surface area contributed by atoms with Gasteiger partial charge in [-0.25, -0.2) is 8.78 Å². The number of unbranched alkanes of at least 4 members (excludes halogenated alkanes) is 3. The van der Waals surface area contributed by atoms with E-state index in [1.54, 1.807) is 0 Å². The van der Waals surface area contributed by atoms with Gasteiger partial charge in [0.05, 0.1) is 6.04 Å². The average molecular weight is 321 g/mol. The van der Waals surface area contributed by atoms with E-state index in [2.05, 4.69) is 28.3 Å². The molecular weight excluding hydrogens is 302 g/mol. The Bertz CT molecular complexity index is 362. The predicted molar refractivity (Wildman–Crippen MR) is 72.9 cm³/mol. The normalized spacial score (nSPS) is 12.7.